The van der Waals surface area contributed by atoms with Crippen molar-refractivity contribution in [3.8, 4) is 0 Å². The third kappa shape index (κ3) is 2.97. The molecule has 4 nitrogen and oxygen atoms in total. The Morgan fingerprint density at radius 3 is 2.81 bits per heavy atom. The maximum absolute atomic E-state index is 11.7. The van der Waals surface area contributed by atoms with Crippen LogP contribution >= 0.6 is 0 Å². The Balaban J connectivity index is 1.79. The molecule has 1 heterocycles. The lowest BCUT2D eigenvalue weighted by atomic mass is 10.3. The number of anilines is 1. The van der Waals surface area contributed by atoms with E-state index in [0.717, 1.165) is 18.5 Å². The number of nitrogens with one attached hydrogen (secondary N) is 1. The second kappa shape index (κ2) is 5.51. The first-order valence-corrected chi connectivity index (χ1v) is 5.58. The quantitative estimate of drug-likeness (QED) is 0.842. The molecule has 1 aromatic rings. The highest BCUT2D eigenvalue weighted by Crippen LogP contribution is 2.08. The van der Waals surface area contributed by atoms with Gasteiger partial charge in [0.15, 0.2) is 0 Å². The fraction of sp³-hybridized carbons (Fsp3) is 0.417. The van der Waals surface area contributed by atoms with Crippen molar-refractivity contribution < 1.29 is 9.63 Å². The third-order valence-electron chi connectivity index (χ3n) is 2.50. The van der Waals surface area contributed by atoms with Gasteiger partial charge in [-0.05, 0) is 25.0 Å². The van der Waals surface area contributed by atoms with E-state index < -0.39 is 0 Å². The van der Waals surface area contributed by atoms with E-state index in [2.05, 4.69) is 5.32 Å². The summed E-state index contributed by atoms with van der Waals surface area (Å²) in [6, 6.07) is 9.68. The molecule has 1 saturated heterocycles. The van der Waals surface area contributed by atoms with E-state index in [9.17, 15) is 4.79 Å². The molecule has 1 N–H and O–H groups in total. The maximum Gasteiger partial charge on any atom is 0.265 e. The monoisotopic (exact) mass is 220 g/mol. The van der Waals surface area contributed by atoms with E-state index in [0.29, 0.717) is 13.2 Å². The Kier molecular flexibility index (Phi) is 3.77. The third-order valence-corrected chi connectivity index (χ3v) is 2.50. The molecule has 2 rings (SSSR count). The van der Waals surface area contributed by atoms with Gasteiger partial charge in [0.25, 0.3) is 5.91 Å². The van der Waals surface area contributed by atoms with E-state index in [1.54, 1.807) is 0 Å². The Hall–Kier alpha value is -1.55. The summed E-state index contributed by atoms with van der Waals surface area (Å²) in [7, 11) is 0. The molecule has 1 aliphatic heterocycles. The summed E-state index contributed by atoms with van der Waals surface area (Å²) in [6.07, 6.45) is 2.06. The number of nitrogens with zero attached hydrogens (tertiary/aromatic N) is 1. The summed E-state index contributed by atoms with van der Waals surface area (Å²) < 4.78 is 0. The summed E-state index contributed by atoms with van der Waals surface area (Å²) in [5, 5.41) is 4.53. The Morgan fingerprint density at radius 2 is 2.12 bits per heavy atom. The van der Waals surface area contributed by atoms with Crippen LogP contribution in [0.5, 0.6) is 0 Å². The zero-order valence-corrected chi connectivity index (χ0v) is 9.19. The minimum absolute atomic E-state index is 0.0106. The molecule has 1 aromatic carbocycles. The van der Waals surface area contributed by atoms with Crippen LogP contribution in [-0.2, 0) is 9.63 Å². The molecule has 86 valence electrons. The van der Waals surface area contributed by atoms with Crippen LogP contribution in [0, 0.1) is 0 Å². The Bertz CT molecular complexity index is 334. The first-order valence-electron chi connectivity index (χ1n) is 5.58. The zero-order valence-electron chi connectivity index (χ0n) is 9.19. The molecule has 0 aromatic heterocycles. The number of hydroxylamine groups is 2. The van der Waals surface area contributed by atoms with Crippen molar-refractivity contribution in [2.24, 2.45) is 0 Å². The highest BCUT2D eigenvalue weighted by molar-refractivity contribution is 5.79. The summed E-state index contributed by atoms with van der Waals surface area (Å²) in [4.78, 5) is 17.0. The van der Waals surface area contributed by atoms with Gasteiger partial charge in [-0.25, -0.2) is 5.06 Å². The van der Waals surface area contributed by atoms with Crippen molar-refractivity contribution in [1.29, 1.82) is 0 Å². The van der Waals surface area contributed by atoms with Crippen LogP contribution in [0.1, 0.15) is 12.8 Å². The molecule has 16 heavy (non-hydrogen) atoms. The van der Waals surface area contributed by atoms with Gasteiger partial charge in [0.1, 0.15) is 0 Å². The molecule has 0 spiro atoms. The standard InChI is InChI=1S/C12H16N2O2/c15-12(14-8-4-5-9-16-14)10-13-11-6-2-1-3-7-11/h1-3,6-7,13H,4-5,8-10H2. The molecule has 0 bridgehead atoms. The highest BCUT2D eigenvalue weighted by Gasteiger charge is 2.16. The molecule has 0 saturated carbocycles. The number of carbonyl (C=O) groups excluding carboxylic acids is 1. The van der Waals surface area contributed by atoms with Crippen LogP contribution in [0.15, 0.2) is 30.3 Å². The first kappa shape index (κ1) is 11.0. The lowest BCUT2D eigenvalue weighted by Crippen LogP contribution is -2.39. The van der Waals surface area contributed by atoms with Gasteiger partial charge in [-0.3, -0.25) is 9.63 Å². The van der Waals surface area contributed by atoms with Gasteiger partial charge in [0, 0.05) is 12.2 Å². The Morgan fingerprint density at radius 1 is 1.31 bits per heavy atom. The van der Waals surface area contributed by atoms with E-state index in [1.807, 2.05) is 30.3 Å². The normalized spacial score (nSPS) is 15.9. The number of amides is 1. The van der Waals surface area contributed by atoms with Crippen LogP contribution in [0.4, 0.5) is 5.69 Å². The fourth-order valence-corrected chi connectivity index (χ4v) is 1.62. The molecule has 1 aliphatic rings. The minimum Gasteiger partial charge on any atom is -0.376 e. The topological polar surface area (TPSA) is 41.6 Å². The largest absolute Gasteiger partial charge is 0.376 e. The summed E-state index contributed by atoms with van der Waals surface area (Å²) in [5.74, 6) is -0.0106. The number of hydrogen-bond acceptors (Lipinski definition) is 3. The van der Waals surface area contributed by atoms with Crippen LogP contribution < -0.4 is 5.32 Å². The molecule has 0 atom stereocenters. The van der Waals surface area contributed by atoms with Gasteiger partial charge >= 0.3 is 0 Å². The number of para-hydroxylation sites is 1. The average Bonchev–Trinajstić information content (AvgIpc) is 2.38. The molecule has 0 aliphatic carbocycles. The van der Waals surface area contributed by atoms with Crippen LogP contribution in [0.3, 0.4) is 0 Å². The molecular formula is C12H16N2O2. The summed E-state index contributed by atoms with van der Waals surface area (Å²) in [5.41, 5.74) is 0.952. The summed E-state index contributed by atoms with van der Waals surface area (Å²) in [6.45, 7) is 1.64. The summed E-state index contributed by atoms with van der Waals surface area (Å²) >= 11 is 0. The van der Waals surface area contributed by atoms with Crippen LogP contribution in [0.2, 0.25) is 0 Å². The van der Waals surface area contributed by atoms with Gasteiger partial charge in [-0.1, -0.05) is 18.2 Å². The van der Waals surface area contributed by atoms with Crippen molar-refractivity contribution in [3.05, 3.63) is 30.3 Å². The van der Waals surface area contributed by atoms with Crippen molar-refractivity contribution >= 4 is 11.6 Å². The van der Waals surface area contributed by atoms with Crippen molar-refractivity contribution in [3.63, 3.8) is 0 Å². The van der Waals surface area contributed by atoms with Crippen LogP contribution in [-0.4, -0.2) is 30.7 Å². The molecule has 1 amide bonds. The van der Waals surface area contributed by atoms with E-state index in [4.69, 9.17) is 4.84 Å². The van der Waals surface area contributed by atoms with Gasteiger partial charge in [-0.15, -0.1) is 0 Å². The lowest BCUT2D eigenvalue weighted by molar-refractivity contribution is -0.195. The first-order chi connectivity index (χ1) is 7.86. The minimum atomic E-state index is -0.0106. The van der Waals surface area contributed by atoms with Gasteiger partial charge in [0.05, 0.1) is 13.2 Å². The SMILES string of the molecule is O=C(CNc1ccccc1)N1CCCCO1. The highest BCUT2D eigenvalue weighted by atomic mass is 16.7. The molecule has 1 fully saturated rings. The predicted octanol–water partition coefficient (Wildman–Crippen LogP) is 1.65. The predicted molar refractivity (Wildman–Crippen MR) is 61.8 cm³/mol. The van der Waals surface area contributed by atoms with E-state index in [1.165, 1.54) is 5.06 Å². The lowest BCUT2D eigenvalue weighted by Gasteiger charge is -2.26. The Labute approximate surface area is 95.2 Å². The van der Waals surface area contributed by atoms with E-state index in [-0.39, 0.29) is 12.5 Å². The maximum atomic E-state index is 11.7. The number of carbonyl (C=O) groups is 1. The van der Waals surface area contributed by atoms with Crippen molar-refractivity contribution in [1.82, 2.24) is 5.06 Å². The van der Waals surface area contributed by atoms with Crippen molar-refractivity contribution in [2.45, 2.75) is 12.8 Å². The van der Waals surface area contributed by atoms with Gasteiger partial charge < -0.3 is 5.32 Å². The number of rotatable bonds is 3. The second-order valence-corrected chi connectivity index (χ2v) is 3.76. The van der Waals surface area contributed by atoms with Gasteiger partial charge in [-0.2, -0.15) is 0 Å². The molecular weight excluding hydrogens is 204 g/mol. The van der Waals surface area contributed by atoms with E-state index >= 15 is 0 Å². The fourth-order valence-electron chi connectivity index (χ4n) is 1.62. The molecule has 4 heteroatoms. The second-order valence-electron chi connectivity index (χ2n) is 3.76. The number of benzene rings is 1. The van der Waals surface area contributed by atoms with Crippen molar-refractivity contribution in [2.75, 3.05) is 25.0 Å². The average molecular weight is 220 g/mol. The zero-order chi connectivity index (χ0) is 11.2. The van der Waals surface area contributed by atoms with Crippen LogP contribution in [0.25, 0.3) is 0 Å². The number of hydrogen-bond donors (Lipinski definition) is 1. The molecule has 0 radical (unpaired) electrons. The molecule has 0 unspecified atom stereocenters. The smallest absolute Gasteiger partial charge is 0.265 e. The van der Waals surface area contributed by atoms with Gasteiger partial charge in [0.2, 0.25) is 0 Å².